The maximum Gasteiger partial charge on any atom is 0.225 e. The van der Waals surface area contributed by atoms with Gasteiger partial charge in [-0.3, -0.25) is 14.7 Å². The Bertz CT molecular complexity index is 703. The van der Waals surface area contributed by atoms with Gasteiger partial charge in [-0.15, -0.1) is 24.0 Å². The Hall–Kier alpha value is -1.36. The quantitative estimate of drug-likeness (QED) is 0.332. The van der Waals surface area contributed by atoms with Gasteiger partial charge in [0.15, 0.2) is 5.96 Å². The predicted octanol–water partition coefficient (Wildman–Crippen LogP) is 2.20. The number of piperazine rings is 1. The first-order chi connectivity index (χ1) is 13.9. The molecule has 2 fully saturated rings. The fourth-order valence-electron chi connectivity index (χ4n) is 3.56. The van der Waals surface area contributed by atoms with Crippen LogP contribution in [0.1, 0.15) is 51.7 Å². The lowest BCUT2D eigenvalue weighted by Crippen LogP contribution is -2.52. The number of hydrogen-bond acceptors (Lipinski definition) is 5. The van der Waals surface area contributed by atoms with Crippen LogP contribution < -0.4 is 10.6 Å². The Kier molecular flexibility index (Phi) is 9.39. The number of rotatable bonds is 6. The number of nitrogens with one attached hydrogen (secondary N) is 2. The van der Waals surface area contributed by atoms with Crippen molar-refractivity contribution in [2.24, 2.45) is 10.9 Å². The summed E-state index contributed by atoms with van der Waals surface area (Å²) in [6.45, 7) is 12.1. The van der Waals surface area contributed by atoms with Crippen LogP contribution in [0.4, 0.5) is 0 Å². The van der Waals surface area contributed by atoms with Crippen molar-refractivity contribution in [3.05, 3.63) is 17.8 Å². The molecule has 1 saturated heterocycles. The monoisotopic (exact) mass is 532 g/mol. The lowest BCUT2D eigenvalue weighted by Gasteiger charge is -2.38. The summed E-state index contributed by atoms with van der Waals surface area (Å²) in [7, 11) is 1.76. The minimum Gasteiger partial charge on any atom is -0.443 e. The summed E-state index contributed by atoms with van der Waals surface area (Å²) >= 11 is 0. The second-order valence-electron chi connectivity index (χ2n) is 9.02. The first kappa shape index (κ1) is 24.9. The molecule has 9 heteroatoms. The summed E-state index contributed by atoms with van der Waals surface area (Å²) < 4.78 is 5.80. The number of oxazole rings is 1. The molecule has 1 aliphatic heterocycles. The van der Waals surface area contributed by atoms with Gasteiger partial charge in [-0.1, -0.05) is 27.2 Å². The van der Waals surface area contributed by atoms with Gasteiger partial charge in [-0.2, -0.15) is 0 Å². The van der Waals surface area contributed by atoms with Gasteiger partial charge in [0.1, 0.15) is 5.76 Å². The molecule has 3 rings (SSSR count). The van der Waals surface area contributed by atoms with Gasteiger partial charge >= 0.3 is 0 Å². The van der Waals surface area contributed by atoms with Crippen molar-refractivity contribution in [1.82, 2.24) is 25.4 Å². The van der Waals surface area contributed by atoms with Crippen molar-refractivity contribution in [2.45, 2.75) is 52.0 Å². The molecule has 0 bridgehead atoms. The molecule has 30 heavy (non-hydrogen) atoms. The molecule has 0 aromatic carbocycles. The van der Waals surface area contributed by atoms with E-state index in [9.17, 15) is 4.79 Å². The number of amides is 1. The van der Waals surface area contributed by atoms with E-state index in [4.69, 9.17) is 4.42 Å². The second-order valence-corrected chi connectivity index (χ2v) is 9.02. The smallest absolute Gasteiger partial charge is 0.225 e. The van der Waals surface area contributed by atoms with Crippen molar-refractivity contribution in [1.29, 1.82) is 0 Å². The van der Waals surface area contributed by atoms with Crippen LogP contribution in [0, 0.1) is 5.92 Å². The van der Waals surface area contributed by atoms with Crippen LogP contribution in [0.5, 0.6) is 0 Å². The number of aromatic nitrogens is 1. The predicted molar refractivity (Wildman–Crippen MR) is 129 cm³/mol. The standard InChI is InChI=1S/C21H36N6O2.HI/c1-21(2,3)17-14-24-18(29-17)15-25-20(22-4)23-8-9-26-10-12-27(13-11-26)19(28)16-6-5-7-16;/h14,16H,5-13,15H2,1-4H3,(H2,22,23,25);1H. The highest BCUT2D eigenvalue weighted by molar-refractivity contribution is 14.0. The van der Waals surface area contributed by atoms with Crippen LogP contribution in [-0.4, -0.2) is 73.0 Å². The number of halogens is 1. The van der Waals surface area contributed by atoms with E-state index in [0.717, 1.165) is 63.8 Å². The van der Waals surface area contributed by atoms with Gasteiger partial charge in [0.05, 0.1) is 12.7 Å². The fraction of sp³-hybridized carbons (Fsp3) is 0.762. The van der Waals surface area contributed by atoms with Gasteiger partial charge in [-0.05, 0) is 12.8 Å². The molecule has 1 saturated carbocycles. The number of carbonyl (C=O) groups is 1. The minimum absolute atomic E-state index is 0. The number of nitrogens with zero attached hydrogens (tertiary/aromatic N) is 4. The molecule has 0 spiro atoms. The lowest BCUT2D eigenvalue weighted by atomic mass is 9.84. The van der Waals surface area contributed by atoms with E-state index in [-0.39, 0.29) is 29.4 Å². The summed E-state index contributed by atoms with van der Waals surface area (Å²) in [5.74, 6) is 2.96. The molecule has 1 aromatic rings. The average molecular weight is 532 g/mol. The molecule has 1 aliphatic carbocycles. The van der Waals surface area contributed by atoms with Crippen molar-refractivity contribution in [2.75, 3.05) is 46.3 Å². The third kappa shape index (κ3) is 6.83. The maximum atomic E-state index is 12.3. The van der Waals surface area contributed by atoms with Crippen LogP contribution in [0.2, 0.25) is 0 Å². The summed E-state index contributed by atoms with van der Waals surface area (Å²) in [5, 5.41) is 6.59. The van der Waals surface area contributed by atoms with Gasteiger partial charge in [0.2, 0.25) is 11.8 Å². The SMILES string of the molecule is CN=C(NCCN1CCN(C(=O)C2CCC2)CC1)NCc1ncc(C(C)(C)C)o1.I. The topological polar surface area (TPSA) is 86.0 Å². The van der Waals surface area contributed by atoms with E-state index >= 15 is 0 Å². The molecule has 8 nitrogen and oxygen atoms in total. The fourth-order valence-corrected chi connectivity index (χ4v) is 3.56. The molecule has 1 amide bonds. The van der Waals surface area contributed by atoms with Gasteiger partial charge in [-0.25, -0.2) is 4.98 Å². The van der Waals surface area contributed by atoms with Crippen LogP contribution >= 0.6 is 24.0 Å². The van der Waals surface area contributed by atoms with E-state index in [1.165, 1.54) is 6.42 Å². The molecular weight excluding hydrogens is 495 g/mol. The number of aliphatic imine (C=N–C) groups is 1. The zero-order valence-electron chi connectivity index (χ0n) is 18.7. The zero-order valence-corrected chi connectivity index (χ0v) is 21.1. The van der Waals surface area contributed by atoms with Crippen molar-refractivity contribution in [3.8, 4) is 0 Å². The Balaban J connectivity index is 0.00000320. The first-order valence-corrected chi connectivity index (χ1v) is 10.8. The highest BCUT2D eigenvalue weighted by Gasteiger charge is 2.31. The van der Waals surface area contributed by atoms with Crippen LogP contribution in [-0.2, 0) is 16.8 Å². The Labute approximate surface area is 197 Å². The van der Waals surface area contributed by atoms with E-state index in [1.807, 2.05) is 0 Å². The summed E-state index contributed by atoms with van der Waals surface area (Å²) in [4.78, 5) is 25.4. The minimum atomic E-state index is -0.0440. The normalized spacial score (nSPS) is 18.5. The molecular formula is C21H37IN6O2. The Morgan fingerprint density at radius 3 is 2.47 bits per heavy atom. The summed E-state index contributed by atoms with van der Waals surface area (Å²) in [5.41, 5.74) is -0.0440. The van der Waals surface area contributed by atoms with Crippen LogP contribution in [0.3, 0.4) is 0 Å². The second kappa shape index (κ2) is 11.3. The molecule has 1 aromatic heterocycles. The Morgan fingerprint density at radius 1 is 1.23 bits per heavy atom. The van der Waals surface area contributed by atoms with E-state index in [0.29, 0.717) is 24.3 Å². The average Bonchev–Trinajstić information content (AvgIpc) is 3.13. The number of guanidine groups is 1. The van der Waals surface area contributed by atoms with Gasteiger partial charge in [0, 0.05) is 57.6 Å². The van der Waals surface area contributed by atoms with Crippen molar-refractivity contribution in [3.63, 3.8) is 0 Å². The highest BCUT2D eigenvalue weighted by atomic mass is 127. The molecule has 0 radical (unpaired) electrons. The lowest BCUT2D eigenvalue weighted by molar-refractivity contribution is -0.139. The summed E-state index contributed by atoms with van der Waals surface area (Å²) in [6, 6.07) is 0. The highest BCUT2D eigenvalue weighted by Crippen LogP contribution is 2.28. The molecule has 2 N–H and O–H groups in total. The first-order valence-electron chi connectivity index (χ1n) is 10.8. The van der Waals surface area contributed by atoms with Gasteiger partial charge in [0.25, 0.3) is 0 Å². The van der Waals surface area contributed by atoms with Crippen molar-refractivity contribution >= 4 is 35.8 Å². The van der Waals surface area contributed by atoms with Gasteiger partial charge < -0.3 is 20.0 Å². The van der Waals surface area contributed by atoms with E-state index in [1.54, 1.807) is 13.2 Å². The van der Waals surface area contributed by atoms with Crippen molar-refractivity contribution < 1.29 is 9.21 Å². The molecule has 0 unspecified atom stereocenters. The summed E-state index contributed by atoms with van der Waals surface area (Å²) in [6.07, 6.45) is 5.17. The maximum absolute atomic E-state index is 12.3. The van der Waals surface area contributed by atoms with Crippen LogP contribution in [0.25, 0.3) is 0 Å². The van der Waals surface area contributed by atoms with Crippen LogP contribution in [0.15, 0.2) is 15.6 Å². The van der Waals surface area contributed by atoms with E-state index in [2.05, 4.69) is 51.2 Å². The molecule has 0 atom stereocenters. The third-order valence-corrected chi connectivity index (χ3v) is 5.78. The number of carbonyl (C=O) groups excluding carboxylic acids is 1. The Morgan fingerprint density at radius 2 is 1.93 bits per heavy atom. The molecule has 2 heterocycles. The molecule has 2 aliphatic rings. The third-order valence-electron chi connectivity index (χ3n) is 5.78. The zero-order chi connectivity index (χ0) is 20.9. The number of hydrogen-bond donors (Lipinski definition) is 2. The molecule has 170 valence electrons. The largest absolute Gasteiger partial charge is 0.443 e. The van der Waals surface area contributed by atoms with E-state index < -0.39 is 0 Å².